The largest absolute Gasteiger partial charge is 0.383 e. The molecule has 76 valence electrons. The summed E-state index contributed by atoms with van der Waals surface area (Å²) in [7, 11) is 1.78. The van der Waals surface area contributed by atoms with Gasteiger partial charge in [-0.3, -0.25) is 0 Å². The Morgan fingerprint density at radius 3 is 3.00 bits per heavy atom. The predicted octanol–water partition coefficient (Wildman–Crippen LogP) is 0.363. The molecular formula is C10H20N2O. The lowest BCUT2D eigenvalue weighted by Gasteiger charge is -2.17. The van der Waals surface area contributed by atoms with Gasteiger partial charge in [0.25, 0.3) is 0 Å². The highest BCUT2D eigenvalue weighted by atomic mass is 16.5. The van der Waals surface area contributed by atoms with E-state index in [4.69, 9.17) is 4.74 Å². The quantitative estimate of drug-likeness (QED) is 0.664. The van der Waals surface area contributed by atoms with Gasteiger partial charge in [0.15, 0.2) is 0 Å². The minimum atomic E-state index is 0.595. The fourth-order valence-corrected chi connectivity index (χ4v) is 2.60. The average Bonchev–Trinajstić information content (AvgIpc) is 2.70. The molecule has 2 fully saturated rings. The van der Waals surface area contributed by atoms with Crippen LogP contribution in [0.1, 0.15) is 19.3 Å². The first-order valence-corrected chi connectivity index (χ1v) is 5.36. The SMILES string of the molecule is COCC1CC(C2CCCN2)CN1. The van der Waals surface area contributed by atoms with Gasteiger partial charge in [-0.2, -0.15) is 0 Å². The lowest BCUT2D eigenvalue weighted by atomic mass is 9.96. The second-order valence-corrected chi connectivity index (χ2v) is 4.26. The van der Waals surface area contributed by atoms with Crippen LogP contribution in [0.15, 0.2) is 0 Å². The molecule has 3 atom stereocenters. The molecule has 2 N–H and O–H groups in total. The van der Waals surface area contributed by atoms with E-state index in [0.29, 0.717) is 6.04 Å². The molecule has 2 rings (SSSR count). The van der Waals surface area contributed by atoms with Crippen LogP contribution in [0.3, 0.4) is 0 Å². The maximum absolute atomic E-state index is 5.15. The van der Waals surface area contributed by atoms with E-state index in [1.54, 1.807) is 7.11 Å². The molecule has 0 aliphatic carbocycles. The Morgan fingerprint density at radius 2 is 2.31 bits per heavy atom. The van der Waals surface area contributed by atoms with Crippen LogP contribution >= 0.6 is 0 Å². The van der Waals surface area contributed by atoms with Crippen molar-refractivity contribution in [2.45, 2.75) is 31.3 Å². The molecule has 2 heterocycles. The van der Waals surface area contributed by atoms with Crippen molar-refractivity contribution in [1.82, 2.24) is 10.6 Å². The number of hydrogen-bond acceptors (Lipinski definition) is 3. The third-order valence-corrected chi connectivity index (χ3v) is 3.29. The Hall–Kier alpha value is -0.120. The van der Waals surface area contributed by atoms with Crippen LogP contribution in [0.4, 0.5) is 0 Å². The maximum Gasteiger partial charge on any atom is 0.0615 e. The number of methoxy groups -OCH3 is 1. The van der Waals surface area contributed by atoms with E-state index in [2.05, 4.69) is 10.6 Å². The van der Waals surface area contributed by atoms with Crippen molar-refractivity contribution in [2.75, 3.05) is 26.8 Å². The van der Waals surface area contributed by atoms with Crippen molar-refractivity contribution in [3.63, 3.8) is 0 Å². The van der Waals surface area contributed by atoms with Crippen LogP contribution in [0.25, 0.3) is 0 Å². The number of ether oxygens (including phenoxy) is 1. The summed E-state index contributed by atoms with van der Waals surface area (Å²) in [6.07, 6.45) is 4.01. The summed E-state index contributed by atoms with van der Waals surface area (Å²) in [5.41, 5.74) is 0. The highest BCUT2D eigenvalue weighted by Crippen LogP contribution is 2.23. The fourth-order valence-electron chi connectivity index (χ4n) is 2.60. The Kier molecular flexibility index (Phi) is 3.19. The normalized spacial score (nSPS) is 39.9. The van der Waals surface area contributed by atoms with Crippen molar-refractivity contribution >= 4 is 0 Å². The smallest absolute Gasteiger partial charge is 0.0615 e. The molecule has 0 radical (unpaired) electrons. The van der Waals surface area contributed by atoms with E-state index in [1.165, 1.54) is 32.4 Å². The van der Waals surface area contributed by atoms with Gasteiger partial charge in [0, 0.05) is 19.2 Å². The molecule has 3 unspecified atom stereocenters. The number of hydrogen-bond donors (Lipinski definition) is 2. The average molecular weight is 184 g/mol. The highest BCUT2D eigenvalue weighted by molar-refractivity contribution is 4.90. The van der Waals surface area contributed by atoms with Crippen molar-refractivity contribution in [3.05, 3.63) is 0 Å². The number of rotatable bonds is 3. The molecule has 0 aromatic carbocycles. The van der Waals surface area contributed by atoms with Crippen molar-refractivity contribution < 1.29 is 4.74 Å². The highest BCUT2D eigenvalue weighted by Gasteiger charge is 2.31. The predicted molar refractivity (Wildman–Crippen MR) is 52.8 cm³/mol. The summed E-state index contributed by atoms with van der Waals surface area (Å²) < 4.78 is 5.15. The second-order valence-electron chi connectivity index (χ2n) is 4.26. The lowest BCUT2D eigenvalue weighted by Crippen LogP contribution is -2.31. The van der Waals surface area contributed by atoms with Crippen LogP contribution in [-0.2, 0) is 4.74 Å². The molecule has 2 saturated heterocycles. The molecule has 0 aromatic heterocycles. The van der Waals surface area contributed by atoms with Crippen LogP contribution in [0.5, 0.6) is 0 Å². The summed E-state index contributed by atoms with van der Waals surface area (Å²) >= 11 is 0. The minimum Gasteiger partial charge on any atom is -0.383 e. The zero-order chi connectivity index (χ0) is 9.10. The molecule has 3 nitrogen and oxygen atoms in total. The first-order chi connectivity index (χ1) is 6.40. The van der Waals surface area contributed by atoms with E-state index in [-0.39, 0.29) is 0 Å². The molecule has 0 spiro atoms. The Labute approximate surface area is 80.2 Å². The monoisotopic (exact) mass is 184 g/mol. The van der Waals surface area contributed by atoms with Gasteiger partial charge < -0.3 is 15.4 Å². The van der Waals surface area contributed by atoms with E-state index in [1.807, 2.05) is 0 Å². The van der Waals surface area contributed by atoms with Gasteiger partial charge in [-0.25, -0.2) is 0 Å². The molecular weight excluding hydrogens is 164 g/mol. The molecule has 2 aliphatic heterocycles. The minimum absolute atomic E-state index is 0.595. The van der Waals surface area contributed by atoms with Gasteiger partial charge in [0.05, 0.1) is 6.61 Å². The first-order valence-electron chi connectivity index (χ1n) is 5.36. The third kappa shape index (κ3) is 2.22. The second kappa shape index (κ2) is 4.40. The summed E-state index contributed by atoms with van der Waals surface area (Å²) in [5, 5.41) is 7.10. The summed E-state index contributed by atoms with van der Waals surface area (Å²) in [4.78, 5) is 0. The molecule has 13 heavy (non-hydrogen) atoms. The van der Waals surface area contributed by atoms with Gasteiger partial charge in [-0.1, -0.05) is 0 Å². The Morgan fingerprint density at radius 1 is 1.38 bits per heavy atom. The van der Waals surface area contributed by atoms with Crippen LogP contribution in [-0.4, -0.2) is 38.9 Å². The summed E-state index contributed by atoms with van der Waals surface area (Å²) in [5.74, 6) is 0.836. The summed E-state index contributed by atoms with van der Waals surface area (Å²) in [6, 6.07) is 1.37. The van der Waals surface area contributed by atoms with E-state index >= 15 is 0 Å². The van der Waals surface area contributed by atoms with E-state index < -0.39 is 0 Å². The molecule has 0 amide bonds. The van der Waals surface area contributed by atoms with Gasteiger partial charge >= 0.3 is 0 Å². The molecule has 0 saturated carbocycles. The molecule has 3 heteroatoms. The number of nitrogens with one attached hydrogen (secondary N) is 2. The van der Waals surface area contributed by atoms with Crippen molar-refractivity contribution in [2.24, 2.45) is 5.92 Å². The summed E-state index contributed by atoms with van der Waals surface area (Å²) in [6.45, 7) is 3.25. The van der Waals surface area contributed by atoms with Crippen LogP contribution in [0.2, 0.25) is 0 Å². The topological polar surface area (TPSA) is 33.3 Å². The van der Waals surface area contributed by atoms with Crippen LogP contribution in [0, 0.1) is 5.92 Å². The Bertz CT molecular complexity index is 157. The zero-order valence-corrected chi connectivity index (χ0v) is 8.38. The van der Waals surface area contributed by atoms with Gasteiger partial charge in [-0.15, -0.1) is 0 Å². The molecule has 0 bridgehead atoms. The van der Waals surface area contributed by atoms with Gasteiger partial charge in [0.2, 0.25) is 0 Å². The standard InChI is InChI=1S/C10H20N2O/c1-13-7-9-5-8(6-12-9)10-3-2-4-11-10/h8-12H,2-7H2,1H3. The molecule has 2 aliphatic rings. The van der Waals surface area contributed by atoms with Gasteiger partial charge in [0.1, 0.15) is 0 Å². The third-order valence-electron chi connectivity index (χ3n) is 3.29. The maximum atomic E-state index is 5.15. The van der Waals surface area contributed by atoms with E-state index in [9.17, 15) is 0 Å². The van der Waals surface area contributed by atoms with Crippen molar-refractivity contribution in [3.8, 4) is 0 Å². The van der Waals surface area contributed by atoms with Crippen molar-refractivity contribution in [1.29, 1.82) is 0 Å². The molecule has 0 aromatic rings. The van der Waals surface area contributed by atoms with E-state index in [0.717, 1.165) is 18.6 Å². The van der Waals surface area contributed by atoms with Crippen LogP contribution < -0.4 is 10.6 Å². The Balaban J connectivity index is 1.76. The fraction of sp³-hybridized carbons (Fsp3) is 1.00. The zero-order valence-electron chi connectivity index (χ0n) is 8.38. The van der Waals surface area contributed by atoms with Gasteiger partial charge in [-0.05, 0) is 38.3 Å². The first kappa shape index (κ1) is 9.44. The lowest BCUT2D eigenvalue weighted by molar-refractivity contribution is 0.171.